The van der Waals surface area contributed by atoms with Gasteiger partial charge in [-0.25, -0.2) is 14.8 Å². The van der Waals surface area contributed by atoms with Crippen molar-refractivity contribution in [2.45, 2.75) is 25.3 Å². The number of hydrogen-bond donors (Lipinski definition) is 12. The molecule has 0 aliphatic carbocycles. The molecule has 8 heterocycles. The summed E-state index contributed by atoms with van der Waals surface area (Å²) in [5.74, 6) is -6.44. The summed E-state index contributed by atoms with van der Waals surface area (Å²) in [6.45, 7) is 2.07. The maximum Gasteiger partial charge on any atom is 0.335 e. The summed E-state index contributed by atoms with van der Waals surface area (Å²) >= 11 is 7.28. The fourth-order valence-electron chi connectivity index (χ4n) is 10.3. The SMILES string of the molecule is CN(CCCNC(=O)c1cccc(C(=O)O)c1)CCCNC(=O)c1cc(NC(=O)c2cc(NC(=O)c3nc(NC(=O)c4cc(NC(=O)[C@H](N)CCNC(=O)c5nc(NC(=O)c6cc(NC(=O)c7cc(NC(=O)c8sccc8Cl)cn7C)cn6C)cn5C)cn4C)cn3C)cn2C)cn1C. The maximum atomic E-state index is 13.5. The molecule has 13 N–H and O–H groups in total. The Labute approximate surface area is 574 Å². The fourth-order valence-corrected chi connectivity index (χ4v) is 11.4. The van der Waals surface area contributed by atoms with E-state index in [9.17, 15) is 57.8 Å². The van der Waals surface area contributed by atoms with E-state index in [1.54, 1.807) is 89.9 Å². The number of aromatic nitrogens is 9. The van der Waals surface area contributed by atoms with Gasteiger partial charge in [-0.1, -0.05) is 17.7 Å². The third-order valence-electron chi connectivity index (χ3n) is 15.4. The molecule has 99 heavy (non-hydrogen) atoms. The smallest absolute Gasteiger partial charge is 0.335 e. The standard InChI is InChI=1S/C64H72ClN21O12S/c1-79(19-10-16-67-54(87)35-12-9-13-36(22-35)64(97)98)20-11-17-68-56(89)44-23-38(29-80(44)2)71-58(91)46-27-41(32-82(46)4)74-63(96)53-76-50(34-86(53)8)78-59(92)47-24-37(28-83(47)5)70-55(88)43(66)14-18-69-62(95)52-75-49(33-85(52)7)77-60(93)48-25-39(30-84(48)6)72-57(90)45-26-40(31-81(45)3)73-61(94)51-42(65)15-21-99-51/h9,12-13,15,21-34,43H,10-11,14,16-20,66H2,1-8H3,(H,67,87)(H,68,89)(H,69,95)(H,70,88)(H,71,91)(H,72,90)(H,73,94)(H,74,96)(H,77,93)(H,78,92)(H,97,98)/t43-/m1/s1. The highest BCUT2D eigenvalue weighted by atomic mass is 35.5. The summed E-state index contributed by atoms with van der Waals surface area (Å²) < 4.78 is 10.4. The summed E-state index contributed by atoms with van der Waals surface area (Å²) in [6, 6.07) is 13.7. The quantitative estimate of drug-likeness (QED) is 0.0282. The molecule has 1 aromatic carbocycles. The number of carboxylic acids is 1. The monoisotopic (exact) mass is 1390 g/mol. The number of carboxylic acid groups (broad SMARTS) is 1. The Bertz CT molecular complexity index is 4620. The fraction of sp³-hybridized carbons (Fsp3) is 0.266. The molecule has 0 saturated carbocycles. The Hall–Kier alpha value is -11.9. The number of anilines is 7. The minimum Gasteiger partial charge on any atom is -0.478 e. The molecule has 33 nitrogen and oxygen atoms in total. The van der Waals surface area contributed by atoms with Crippen LogP contribution in [-0.2, 0) is 54.1 Å². The summed E-state index contributed by atoms with van der Waals surface area (Å²) in [5.41, 5.74) is 9.00. The molecule has 0 bridgehead atoms. The van der Waals surface area contributed by atoms with Gasteiger partial charge in [0.05, 0.1) is 45.1 Å². The van der Waals surface area contributed by atoms with Gasteiger partial charge in [0.25, 0.3) is 53.2 Å². The molecule has 0 fully saturated rings. The van der Waals surface area contributed by atoms with Gasteiger partial charge in [-0.3, -0.25) is 47.9 Å². The number of nitrogens with one attached hydrogen (secondary N) is 10. The van der Waals surface area contributed by atoms with Crippen LogP contribution >= 0.6 is 22.9 Å². The van der Waals surface area contributed by atoms with Crippen LogP contribution in [0, 0.1) is 0 Å². The first-order valence-electron chi connectivity index (χ1n) is 30.5. The van der Waals surface area contributed by atoms with E-state index in [4.69, 9.17) is 17.3 Å². The van der Waals surface area contributed by atoms with Crippen LogP contribution in [0.3, 0.4) is 0 Å². The average molecular weight is 1390 g/mol. The van der Waals surface area contributed by atoms with E-state index in [2.05, 4.69) is 68.0 Å². The van der Waals surface area contributed by atoms with E-state index < -0.39 is 59.3 Å². The molecule has 9 aromatic rings. The van der Waals surface area contributed by atoms with Gasteiger partial charge >= 0.3 is 5.97 Å². The number of imidazole rings is 2. The van der Waals surface area contributed by atoms with Crippen LogP contribution in [0.25, 0.3) is 0 Å². The minimum absolute atomic E-state index is 0.00364. The third kappa shape index (κ3) is 18.0. The summed E-state index contributed by atoms with van der Waals surface area (Å²) in [5, 5.41) is 38.5. The highest BCUT2D eigenvalue weighted by Crippen LogP contribution is 2.26. The van der Waals surface area contributed by atoms with E-state index in [0.717, 1.165) is 0 Å². The van der Waals surface area contributed by atoms with Crippen molar-refractivity contribution in [1.29, 1.82) is 0 Å². The van der Waals surface area contributed by atoms with Gasteiger partial charge in [0.2, 0.25) is 17.6 Å². The van der Waals surface area contributed by atoms with E-state index in [0.29, 0.717) is 71.7 Å². The van der Waals surface area contributed by atoms with Crippen LogP contribution in [0.1, 0.15) is 123 Å². The molecule has 0 saturated heterocycles. The number of benzene rings is 1. The van der Waals surface area contributed by atoms with Crippen molar-refractivity contribution in [1.82, 2.24) is 62.8 Å². The Morgan fingerprint density at radius 3 is 1.32 bits per heavy atom. The van der Waals surface area contributed by atoms with Crippen LogP contribution in [0.15, 0.2) is 109 Å². The van der Waals surface area contributed by atoms with Gasteiger partial charge in [-0.05, 0) is 99.4 Å². The van der Waals surface area contributed by atoms with Gasteiger partial charge in [0, 0.05) is 118 Å². The lowest BCUT2D eigenvalue weighted by atomic mass is 10.1. The number of nitrogens with zero attached hydrogens (tertiary/aromatic N) is 10. The van der Waals surface area contributed by atoms with Crippen LogP contribution in [0.4, 0.5) is 40.1 Å². The number of rotatable bonds is 29. The van der Waals surface area contributed by atoms with Gasteiger partial charge in [-0.2, -0.15) is 0 Å². The van der Waals surface area contributed by atoms with Gasteiger partial charge in [0.1, 0.15) is 33.3 Å². The normalized spacial score (nSPS) is 11.4. The topological polar surface area (TPSA) is 418 Å². The highest BCUT2D eigenvalue weighted by Gasteiger charge is 2.25. The number of carbonyl (C=O) groups is 11. The molecular formula is C64H72ClN21O12S. The third-order valence-corrected chi connectivity index (χ3v) is 16.7. The zero-order chi connectivity index (χ0) is 71.5. The molecule has 0 unspecified atom stereocenters. The Balaban J connectivity index is 0.674. The molecule has 10 amide bonds. The highest BCUT2D eigenvalue weighted by molar-refractivity contribution is 7.12. The van der Waals surface area contributed by atoms with Crippen LogP contribution in [-0.4, -0.2) is 163 Å². The lowest BCUT2D eigenvalue weighted by Gasteiger charge is -2.17. The lowest BCUT2D eigenvalue weighted by Crippen LogP contribution is -2.39. The van der Waals surface area contributed by atoms with Crippen molar-refractivity contribution in [2.24, 2.45) is 55.1 Å². The van der Waals surface area contributed by atoms with Crippen molar-refractivity contribution in [3.8, 4) is 0 Å². The first-order chi connectivity index (χ1) is 47.1. The van der Waals surface area contributed by atoms with Crippen LogP contribution in [0.5, 0.6) is 0 Å². The Morgan fingerprint density at radius 1 is 0.475 bits per heavy atom. The number of nitrogens with two attached hydrogens (primary N) is 1. The van der Waals surface area contributed by atoms with E-state index in [1.807, 2.05) is 7.05 Å². The average Bonchev–Trinajstić information content (AvgIpc) is 1.69. The van der Waals surface area contributed by atoms with Crippen molar-refractivity contribution in [3.05, 3.63) is 171 Å². The predicted molar refractivity (Wildman–Crippen MR) is 369 cm³/mol. The predicted octanol–water partition coefficient (Wildman–Crippen LogP) is 4.73. The van der Waals surface area contributed by atoms with Gasteiger partial charge in [-0.15, -0.1) is 11.3 Å². The molecular weight excluding hydrogens is 1320 g/mol. The molecule has 0 spiro atoms. The van der Waals surface area contributed by atoms with E-state index in [1.165, 1.54) is 112 Å². The van der Waals surface area contributed by atoms with Crippen molar-refractivity contribution in [2.75, 3.05) is 77.0 Å². The first-order valence-corrected chi connectivity index (χ1v) is 31.8. The Kier molecular flexibility index (Phi) is 22.6. The zero-order valence-electron chi connectivity index (χ0n) is 54.9. The number of amides is 10. The molecule has 1 atom stereocenters. The minimum atomic E-state index is -1.11. The van der Waals surface area contributed by atoms with E-state index >= 15 is 0 Å². The van der Waals surface area contributed by atoms with Crippen LogP contribution in [0.2, 0.25) is 5.02 Å². The van der Waals surface area contributed by atoms with Crippen molar-refractivity contribution < 1.29 is 57.8 Å². The number of aromatic carboxylic acids is 1. The molecule has 0 aliphatic rings. The number of hydrogen-bond acceptors (Lipinski definition) is 16. The summed E-state index contributed by atoms with van der Waals surface area (Å²) in [7, 11) is 13.1. The molecule has 35 heteroatoms. The summed E-state index contributed by atoms with van der Waals surface area (Å²) in [6.07, 6.45) is 11.9. The molecule has 9 rings (SSSR count). The molecule has 0 radical (unpaired) electrons. The number of carbonyl (C=O) groups excluding carboxylic acids is 10. The maximum absolute atomic E-state index is 13.5. The number of halogens is 1. The second kappa shape index (κ2) is 31.3. The van der Waals surface area contributed by atoms with Gasteiger partial charge < -0.3 is 101 Å². The molecule has 0 aliphatic heterocycles. The number of thiophene rings is 1. The van der Waals surface area contributed by atoms with Crippen molar-refractivity contribution in [3.63, 3.8) is 0 Å². The molecule has 8 aromatic heterocycles. The number of aryl methyl sites for hydroxylation is 7. The Morgan fingerprint density at radius 2 is 0.869 bits per heavy atom. The molecule has 518 valence electrons. The summed E-state index contributed by atoms with van der Waals surface area (Å²) in [4.78, 5) is 154. The van der Waals surface area contributed by atoms with Gasteiger partial charge in [0.15, 0.2) is 11.6 Å². The first kappa shape index (κ1) is 71.4. The second-order valence-electron chi connectivity index (χ2n) is 23.1. The lowest BCUT2D eigenvalue weighted by molar-refractivity contribution is -0.117. The second-order valence-corrected chi connectivity index (χ2v) is 24.4. The van der Waals surface area contributed by atoms with Crippen LogP contribution < -0.4 is 58.9 Å². The zero-order valence-corrected chi connectivity index (χ0v) is 56.5. The van der Waals surface area contributed by atoms with Crippen molar-refractivity contribution >= 4 is 128 Å². The largest absolute Gasteiger partial charge is 0.478 e. The van der Waals surface area contributed by atoms with E-state index in [-0.39, 0.29) is 93.3 Å².